The van der Waals surface area contributed by atoms with Crippen molar-refractivity contribution in [2.75, 3.05) is 32.7 Å². The number of carbonyl (C=O) groups is 1. The Bertz CT molecular complexity index is 1010. The summed E-state index contributed by atoms with van der Waals surface area (Å²) in [5.41, 5.74) is -0.0500. The third-order valence-corrected chi connectivity index (χ3v) is 8.10. The molecular weight excluding hydrogens is 412 g/mol. The van der Waals surface area contributed by atoms with Gasteiger partial charge in [-0.2, -0.15) is 0 Å². The Balaban J connectivity index is 1.37. The fourth-order valence-corrected chi connectivity index (χ4v) is 6.13. The third kappa shape index (κ3) is 4.71. The molecule has 2 aromatic heterocycles. The van der Waals surface area contributed by atoms with Crippen LogP contribution in [0.4, 0.5) is 0 Å². The molecular formula is C23H34N4O3S. The van der Waals surface area contributed by atoms with E-state index in [1.165, 1.54) is 17.8 Å². The Morgan fingerprint density at radius 1 is 1.23 bits per heavy atom. The second kappa shape index (κ2) is 8.64. The molecule has 2 aliphatic heterocycles. The topological polar surface area (TPSA) is 78.7 Å². The number of aliphatic hydroxyl groups is 1. The molecule has 0 saturated carbocycles. The van der Waals surface area contributed by atoms with E-state index in [1.807, 2.05) is 18.7 Å². The maximum atomic E-state index is 13.0. The minimum Gasteiger partial charge on any atom is -0.388 e. The molecule has 0 spiro atoms. The predicted octanol–water partition coefficient (Wildman–Crippen LogP) is 2.41. The highest BCUT2D eigenvalue weighted by molar-refractivity contribution is 7.18. The number of carbonyl (C=O) groups excluding carboxylic acids is 1. The van der Waals surface area contributed by atoms with E-state index in [1.54, 1.807) is 10.9 Å². The second-order valence-corrected chi connectivity index (χ2v) is 11.1. The smallest absolute Gasteiger partial charge is 0.262 e. The first-order valence-electron chi connectivity index (χ1n) is 11.3. The quantitative estimate of drug-likeness (QED) is 0.780. The van der Waals surface area contributed by atoms with Gasteiger partial charge in [0.25, 0.3) is 5.56 Å². The van der Waals surface area contributed by atoms with Crippen LogP contribution in [-0.2, 0) is 11.3 Å². The zero-order chi connectivity index (χ0) is 22.3. The number of nitrogens with zero attached hydrogens (tertiary/aromatic N) is 4. The number of amides is 1. The average Bonchev–Trinajstić information content (AvgIpc) is 3.00. The monoisotopic (exact) mass is 446 g/mol. The predicted molar refractivity (Wildman–Crippen MR) is 124 cm³/mol. The van der Waals surface area contributed by atoms with E-state index >= 15 is 0 Å². The molecule has 2 fully saturated rings. The number of hydrogen-bond donors (Lipinski definition) is 1. The maximum absolute atomic E-state index is 13.0. The zero-order valence-electron chi connectivity index (χ0n) is 19.1. The van der Waals surface area contributed by atoms with Gasteiger partial charge in [0.2, 0.25) is 5.91 Å². The molecule has 0 bridgehead atoms. The van der Waals surface area contributed by atoms with Crippen LogP contribution in [0.15, 0.2) is 11.1 Å². The number of hydrogen-bond acceptors (Lipinski definition) is 6. The fourth-order valence-electron chi connectivity index (χ4n) is 5.14. The Morgan fingerprint density at radius 3 is 2.52 bits per heavy atom. The van der Waals surface area contributed by atoms with Gasteiger partial charge in [-0.1, -0.05) is 13.8 Å². The number of aryl methyl sites for hydroxylation is 2. The van der Waals surface area contributed by atoms with Crippen molar-refractivity contribution >= 4 is 27.5 Å². The molecule has 2 aliphatic rings. The highest BCUT2D eigenvalue weighted by Gasteiger charge is 2.35. The van der Waals surface area contributed by atoms with Crippen molar-refractivity contribution in [1.29, 1.82) is 0 Å². The molecule has 1 N–H and O–H groups in total. The van der Waals surface area contributed by atoms with Crippen LogP contribution < -0.4 is 5.56 Å². The summed E-state index contributed by atoms with van der Waals surface area (Å²) in [4.78, 5) is 36.2. The lowest BCUT2D eigenvalue weighted by Crippen LogP contribution is -2.52. The standard InChI is InChI=1S/C23H34N4O3S/c1-15-9-16(2)11-26(10-15)19(28)12-25-7-5-23(30,6-8-25)13-27-14-24-21-20(22(27)29)17(3)18(4)31-21/h14-16,30H,5-13H2,1-4H3/t15-,16-/m1/s1. The largest absolute Gasteiger partial charge is 0.388 e. The van der Waals surface area contributed by atoms with Crippen molar-refractivity contribution in [1.82, 2.24) is 19.4 Å². The van der Waals surface area contributed by atoms with Crippen molar-refractivity contribution < 1.29 is 9.90 Å². The summed E-state index contributed by atoms with van der Waals surface area (Å²) >= 11 is 1.54. The fraction of sp³-hybridized carbons (Fsp3) is 0.696. The minimum absolute atomic E-state index is 0.0776. The molecule has 31 heavy (non-hydrogen) atoms. The summed E-state index contributed by atoms with van der Waals surface area (Å²) < 4.78 is 1.55. The average molecular weight is 447 g/mol. The van der Waals surface area contributed by atoms with Gasteiger partial charge in [-0.25, -0.2) is 4.98 Å². The van der Waals surface area contributed by atoms with Crippen molar-refractivity contribution in [3.05, 3.63) is 27.1 Å². The van der Waals surface area contributed by atoms with Crippen LogP contribution in [0.25, 0.3) is 10.2 Å². The lowest BCUT2D eigenvalue weighted by atomic mass is 9.90. The third-order valence-electron chi connectivity index (χ3n) is 6.99. The van der Waals surface area contributed by atoms with Crippen LogP contribution in [0, 0.1) is 25.7 Å². The van der Waals surface area contributed by atoms with E-state index in [2.05, 4.69) is 23.7 Å². The van der Waals surface area contributed by atoms with Crippen LogP contribution in [-0.4, -0.2) is 68.7 Å². The van der Waals surface area contributed by atoms with Gasteiger partial charge in [0.05, 0.1) is 30.4 Å². The molecule has 7 nitrogen and oxygen atoms in total. The van der Waals surface area contributed by atoms with Crippen molar-refractivity contribution in [3.63, 3.8) is 0 Å². The van der Waals surface area contributed by atoms with Gasteiger partial charge in [-0.15, -0.1) is 11.3 Å². The normalized spacial score (nSPS) is 24.6. The van der Waals surface area contributed by atoms with E-state index in [4.69, 9.17) is 0 Å². The first-order valence-corrected chi connectivity index (χ1v) is 12.1. The van der Waals surface area contributed by atoms with Gasteiger partial charge in [-0.05, 0) is 50.5 Å². The van der Waals surface area contributed by atoms with Crippen LogP contribution in [0.5, 0.6) is 0 Å². The molecule has 2 atom stereocenters. The van der Waals surface area contributed by atoms with E-state index in [0.29, 0.717) is 49.7 Å². The zero-order valence-corrected chi connectivity index (χ0v) is 19.9. The summed E-state index contributed by atoms with van der Waals surface area (Å²) in [5, 5.41) is 11.8. The van der Waals surface area contributed by atoms with Gasteiger partial charge in [0.15, 0.2) is 0 Å². The first kappa shape index (κ1) is 22.4. The molecule has 1 amide bonds. The van der Waals surface area contributed by atoms with Crippen molar-refractivity contribution in [3.8, 4) is 0 Å². The SMILES string of the molecule is Cc1sc2ncn(CC3(O)CCN(CC(=O)N4C[C@H](C)C[C@@H](C)C4)CC3)c(=O)c2c1C. The molecule has 0 unspecified atom stereocenters. The Hall–Kier alpha value is -1.77. The van der Waals surface area contributed by atoms with E-state index < -0.39 is 5.60 Å². The number of likely N-dealkylation sites (tertiary alicyclic amines) is 2. The maximum Gasteiger partial charge on any atom is 0.262 e. The summed E-state index contributed by atoms with van der Waals surface area (Å²) in [6.45, 7) is 12.0. The summed E-state index contributed by atoms with van der Waals surface area (Å²) in [6.07, 6.45) is 3.83. The van der Waals surface area contributed by atoms with E-state index in [9.17, 15) is 14.7 Å². The van der Waals surface area contributed by atoms with Crippen molar-refractivity contribution in [2.24, 2.45) is 11.8 Å². The summed E-state index contributed by atoms with van der Waals surface area (Å²) in [7, 11) is 0. The number of aromatic nitrogens is 2. The summed E-state index contributed by atoms with van der Waals surface area (Å²) in [5.74, 6) is 1.30. The molecule has 4 rings (SSSR count). The van der Waals surface area contributed by atoms with Crippen LogP contribution in [0.3, 0.4) is 0 Å². The number of rotatable bonds is 4. The summed E-state index contributed by atoms with van der Waals surface area (Å²) in [6, 6.07) is 0. The molecule has 170 valence electrons. The molecule has 2 saturated heterocycles. The van der Waals surface area contributed by atoms with Gasteiger partial charge in [0, 0.05) is 31.1 Å². The number of fused-ring (bicyclic) bond motifs is 1. The lowest BCUT2D eigenvalue weighted by molar-refractivity contribution is -0.136. The number of thiophene rings is 1. The Labute approximate surface area is 187 Å². The lowest BCUT2D eigenvalue weighted by Gasteiger charge is -2.40. The Kier molecular flexibility index (Phi) is 6.25. The van der Waals surface area contributed by atoms with Crippen LogP contribution >= 0.6 is 11.3 Å². The molecule has 8 heteroatoms. The molecule has 4 heterocycles. The number of piperidine rings is 2. The molecule has 0 aliphatic carbocycles. The van der Waals surface area contributed by atoms with Gasteiger partial charge in [-0.3, -0.25) is 19.1 Å². The molecule has 0 aromatic carbocycles. The first-order chi connectivity index (χ1) is 14.6. The van der Waals surface area contributed by atoms with Gasteiger partial charge < -0.3 is 10.0 Å². The minimum atomic E-state index is -0.953. The van der Waals surface area contributed by atoms with E-state index in [0.717, 1.165) is 28.4 Å². The highest BCUT2D eigenvalue weighted by Crippen LogP contribution is 2.28. The Morgan fingerprint density at radius 2 is 1.87 bits per heavy atom. The van der Waals surface area contributed by atoms with Crippen LogP contribution in [0.1, 0.15) is 43.6 Å². The van der Waals surface area contributed by atoms with Gasteiger partial charge >= 0.3 is 0 Å². The molecule has 0 radical (unpaired) electrons. The van der Waals surface area contributed by atoms with Crippen LogP contribution in [0.2, 0.25) is 0 Å². The molecule has 2 aromatic rings. The second-order valence-electron chi connectivity index (χ2n) is 9.89. The van der Waals surface area contributed by atoms with Crippen molar-refractivity contribution in [2.45, 2.75) is 59.1 Å². The van der Waals surface area contributed by atoms with E-state index in [-0.39, 0.29) is 18.0 Å². The highest BCUT2D eigenvalue weighted by atomic mass is 32.1. The van der Waals surface area contributed by atoms with Gasteiger partial charge in [0.1, 0.15) is 4.83 Å².